The fraction of sp³-hybridized carbons (Fsp3) is 0.438. The minimum atomic E-state index is -0.506. The highest BCUT2D eigenvalue weighted by Gasteiger charge is 2.31. The number of benzene rings is 1. The molecular weight excluding hydrogens is 312 g/mol. The summed E-state index contributed by atoms with van der Waals surface area (Å²) in [6, 6.07) is 8.92. The van der Waals surface area contributed by atoms with E-state index >= 15 is 0 Å². The third kappa shape index (κ3) is 4.49. The van der Waals surface area contributed by atoms with Gasteiger partial charge in [0.05, 0.1) is 12.6 Å². The quantitative estimate of drug-likeness (QED) is 0.758. The monoisotopic (exact) mass is 334 g/mol. The maximum atomic E-state index is 12.3. The molecule has 1 aromatic heterocycles. The van der Waals surface area contributed by atoms with Gasteiger partial charge in [0, 0.05) is 5.41 Å². The van der Waals surface area contributed by atoms with Crippen LogP contribution < -0.4 is 10.6 Å². The van der Waals surface area contributed by atoms with Crippen LogP contribution in [0.15, 0.2) is 30.3 Å². The summed E-state index contributed by atoms with van der Waals surface area (Å²) < 4.78 is 0. The molecule has 23 heavy (non-hydrogen) atoms. The van der Waals surface area contributed by atoms with Gasteiger partial charge >= 0.3 is 6.03 Å². The molecule has 0 saturated carbocycles. The number of anilines is 1. The van der Waals surface area contributed by atoms with Crippen molar-refractivity contribution in [2.24, 2.45) is 5.41 Å². The average Bonchev–Trinajstić information content (AvgIpc) is 3.01. The van der Waals surface area contributed by atoms with Gasteiger partial charge in [0.15, 0.2) is 0 Å². The Morgan fingerprint density at radius 1 is 1.30 bits per heavy atom. The summed E-state index contributed by atoms with van der Waals surface area (Å²) in [4.78, 5) is 12.3. The molecule has 0 aliphatic carbocycles. The summed E-state index contributed by atoms with van der Waals surface area (Å²) in [5.74, 6) is 0. The maximum Gasteiger partial charge on any atom is 0.321 e. The number of hydrogen-bond donors (Lipinski definition) is 3. The van der Waals surface area contributed by atoms with Crippen LogP contribution in [0, 0.1) is 5.41 Å². The number of carbonyl (C=O) groups is 1. The third-order valence-electron chi connectivity index (χ3n) is 3.59. The Morgan fingerprint density at radius 3 is 2.57 bits per heavy atom. The van der Waals surface area contributed by atoms with E-state index in [9.17, 15) is 9.90 Å². The summed E-state index contributed by atoms with van der Waals surface area (Å²) in [6.45, 7) is 5.75. The van der Waals surface area contributed by atoms with Crippen molar-refractivity contribution < 1.29 is 9.90 Å². The molecule has 0 bridgehead atoms. The highest BCUT2D eigenvalue weighted by atomic mass is 32.1. The third-order valence-corrected chi connectivity index (χ3v) is 4.57. The van der Waals surface area contributed by atoms with Crippen molar-refractivity contribution in [3.05, 3.63) is 40.9 Å². The van der Waals surface area contributed by atoms with Crippen molar-refractivity contribution in [2.75, 3.05) is 11.9 Å². The van der Waals surface area contributed by atoms with E-state index in [0.717, 1.165) is 17.0 Å². The van der Waals surface area contributed by atoms with E-state index < -0.39 is 5.41 Å². The van der Waals surface area contributed by atoms with Gasteiger partial charge in [-0.2, -0.15) is 0 Å². The van der Waals surface area contributed by atoms with Crippen LogP contribution >= 0.6 is 11.3 Å². The lowest BCUT2D eigenvalue weighted by atomic mass is 9.81. The van der Waals surface area contributed by atoms with E-state index in [1.54, 1.807) is 0 Å². The number of nitrogens with one attached hydrogen (secondary N) is 2. The van der Waals surface area contributed by atoms with Gasteiger partial charge in [-0.15, -0.1) is 10.2 Å². The van der Waals surface area contributed by atoms with E-state index in [0.29, 0.717) is 5.13 Å². The summed E-state index contributed by atoms with van der Waals surface area (Å²) >= 11 is 1.35. The largest absolute Gasteiger partial charge is 0.396 e. The molecule has 0 saturated heterocycles. The van der Waals surface area contributed by atoms with Gasteiger partial charge in [0.25, 0.3) is 0 Å². The van der Waals surface area contributed by atoms with Gasteiger partial charge < -0.3 is 10.4 Å². The Bertz CT molecular complexity index is 643. The number of urea groups is 1. The second-order valence-corrected chi connectivity index (χ2v) is 7.01. The number of aryl methyl sites for hydroxylation is 1. The van der Waals surface area contributed by atoms with E-state index in [4.69, 9.17) is 0 Å². The Balaban J connectivity index is 2.12. The number of hydrogen-bond acceptors (Lipinski definition) is 5. The molecule has 0 spiro atoms. The molecule has 6 nitrogen and oxygen atoms in total. The number of nitrogens with zero attached hydrogens (tertiary/aromatic N) is 2. The van der Waals surface area contributed by atoms with Crippen LogP contribution in [0.5, 0.6) is 0 Å². The maximum absolute atomic E-state index is 12.3. The Kier molecular flexibility index (Phi) is 5.68. The van der Waals surface area contributed by atoms with Crippen molar-refractivity contribution in [1.82, 2.24) is 15.5 Å². The first-order valence-electron chi connectivity index (χ1n) is 7.52. The van der Waals surface area contributed by atoms with Crippen molar-refractivity contribution in [3.8, 4) is 0 Å². The van der Waals surface area contributed by atoms with Gasteiger partial charge in [0.2, 0.25) is 5.13 Å². The van der Waals surface area contributed by atoms with Crippen LogP contribution in [0.3, 0.4) is 0 Å². The van der Waals surface area contributed by atoms with Crippen molar-refractivity contribution in [3.63, 3.8) is 0 Å². The van der Waals surface area contributed by atoms with Gasteiger partial charge in [-0.3, -0.25) is 5.32 Å². The molecule has 2 rings (SSSR count). The number of aliphatic hydroxyl groups is 1. The molecule has 7 heteroatoms. The van der Waals surface area contributed by atoms with Crippen molar-refractivity contribution >= 4 is 22.5 Å². The minimum absolute atomic E-state index is 0.0500. The molecule has 124 valence electrons. The topological polar surface area (TPSA) is 87.1 Å². The highest BCUT2D eigenvalue weighted by molar-refractivity contribution is 7.15. The van der Waals surface area contributed by atoms with E-state index in [2.05, 4.69) is 20.8 Å². The van der Waals surface area contributed by atoms with E-state index in [1.807, 2.05) is 51.1 Å². The van der Waals surface area contributed by atoms with Gasteiger partial charge in [-0.05, 0) is 12.0 Å². The number of rotatable bonds is 6. The Morgan fingerprint density at radius 2 is 2.00 bits per heavy atom. The SMILES string of the molecule is CCc1nnc(NC(=O)NC(c2ccccc2)C(C)(C)CO)s1. The summed E-state index contributed by atoms with van der Waals surface area (Å²) in [7, 11) is 0. The molecule has 3 N–H and O–H groups in total. The molecule has 0 radical (unpaired) electrons. The number of carbonyl (C=O) groups excluding carboxylic acids is 1. The van der Waals surface area contributed by atoms with Crippen LogP contribution in [0.2, 0.25) is 0 Å². The first-order chi connectivity index (χ1) is 11.0. The second-order valence-electron chi connectivity index (χ2n) is 5.94. The molecule has 0 aliphatic heterocycles. The first-order valence-corrected chi connectivity index (χ1v) is 8.33. The summed E-state index contributed by atoms with van der Waals surface area (Å²) in [6.07, 6.45) is 0.783. The molecule has 1 heterocycles. The molecule has 1 unspecified atom stereocenters. The van der Waals surface area contributed by atoms with Crippen molar-refractivity contribution in [2.45, 2.75) is 33.2 Å². The lowest BCUT2D eigenvalue weighted by Crippen LogP contribution is -2.41. The zero-order chi connectivity index (χ0) is 16.9. The fourth-order valence-corrected chi connectivity index (χ4v) is 2.85. The van der Waals surface area contributed by atoms with Gasteiger partial charge in [-0.25, -0.2) is 4.79 Å². The van der Waals surface area contributed by atoms with Crippen LogP contribution in [0.25, 0.3) is 0 Å². The highest BCUT2D eigenvalue weighted by Crippen LogP contribution is 2.32. The predicted molar refractivity (Wildman–Crippen MR) is 91.5 cm³/mol. The fourth-order valence-electron chi connectivity index (χ4n) is 2.18. The molecule has 0 aliphatic rings. The van der Waals surface area contributed by atoms with Crippen LogP contribution in [0.4, 0.5) is 9.93 Å². The summed E-state index contributed by atoms with van der Waals surface area (Å²) in [5, 5.41) is 24.6. The van der Waals surface area contributed by atoms with Crippen molar-refractivity contribution in [1.29, 1.82) is 0 Å². The smallest absolute Gasteiger partial charge is 0.321 e. The number of aromatic nitrogens is 2. The minimum Gasteiger partial charge on any atom is -0.396 e. The number of amides is 2. The summed E-state index contributed by atoms with van der Waals surface area (Å²) in [5.41, 5.74) is 0.433. The molecule has 1 aromatic carbocycles. The molecule has 0 fully saturated rings. The lowest BCUT2D eigenvalue weighted by molar-refractivity contribution is 0.119. The Labute approximate surface area is 140 Å². The van der Waals surface area contributed by atoms with Crippen LogP contribution in [-0.2, 0) is 6.42 Å². The second kappa shape index (κ2) is 7.52. The zero-order valence-corrected chi connectivity index (χ0v) is 14.4. The van der Waals surface area contributed by atoms with Gasteiger partial charge in [0.1, 0.15) is 5.01 Å². The first kappa shape index (κ1) is 17.4. The molecule has 1 atom stereocenters. The standard InChI is InChI=1S/C16H22N4O2S/c1-4-12-19-20-15(23-12)18-14(22)17-13(16(2,3)10-21)11-8-6-5-7-9-11/h5-9,13,21H,4,10H2,1-3H3,(H2,17,18,20,22). The van der Waals surface area contributed by atoms with Gasteiger partial charge in [-0.1, -0.05) is 62.4 Å². The van der Waals surface area contributed by atoms with Crippen LogP contribution in [0.1, 0.15) is 37.4 Å². The molecular formula is C16H22N4O2S. The zero-order valence-electron chi connectivity index (χ0n) is 13.5. The predicted octanol–water partition coefficient (Wildman–Crippen LogP) is 2.98. The lowest BCUT2D eigenvalue weighted by Gasteiger charge is -2.33. The Hall–Kier alpha value is -1.99. The number of aliphatic hydroxyl groups excluding tert-OH is 1. The average molecular weight is 334 g/mol. The normalized spacial score (nSPS) is 12.7. The van der Waals surface area contributed by atoms with E-state index in [-0.39, 0.29) is 18.7 Å². The molecule has 2 amide bonds. The molecule has 2 aromatic rings. The van der Waals surface area contributed by atoms with E-state index in [1.165, 1.54) is 11.3 Å². The van der Waals surface area contributed by atoms with Crippen LogP contribution in [-0.4, -0.2) is 27.9 Å².